The number of β-amino-alcohol motifs (C(OH)–C–C–N with tert-alkyl or cyclic N) is 1. The Morgan fingerprint density at radius 3 is 2.40 bits per heavy atom. The molecule has 1 aromatic carbocycles. The lowest BCUT2D eigenvalue weighted by molar-refractivity contribution is -0.130. The summed E-state index contributed by atoms with van der Waals surface area (Å²) in [6.07, 6.45) is 3.57. The van der Waals surface area contributed by atoms with Crippen molar-refractivity contribution in [1.29, 1.82) is 0 Å². The van der Waals surface area contributed by atoms with Gasteiger partial charge >= 0.3 is 0 Å². The standard InChI is InChI=1S/C20H25N3O2/c1-22(2)20(25)11-18-13-23(14-19(18)24)12-15-3-5-16(6-4-15)17-7-9-21-10-8-17/h3-10,18-19,24H,11-14H2,1-2H3/t18-,19-/m1/s1. The van der Waals surface area contributed by atoms with Crippen LogP contribution in [0.25, 0.3) is 11.1 Å². The minimum Gasteiger partial charge on any atom is -0.391 e. The van der Waals surface area contributed by atoms with Crippen molar-refractivity contribution < 1.29 is 9.90 Å². The van der Waals surface area contributed by atoms with Crippen LogP contribution in [0, 0.1) is 5.92 Å². The highest BCUT2D eigenvalue weighted by atomic mass is 16.3. The second-order valence-corrected chi connectivity index (χ2v) is 6.95. The average molecular weight is 339 g/mol. The van der Waals surface area contributed by atoms with Gasteiger partial charge in [-0.25, -0.2) is 0 Å². The molecule has 0 aliphatic carbocycles. The van der Waals surface area contributed by atoms with E-state index in [0.717, 1.165) is 18.7 Å². The fraction of sp³-hybridized carbons (Fsp3) is 0.400. The Morgan fingerprint density at radius 2 is 1.76 bits per heavy atom. The molecule has 1 amide bonds. The van der Waals surface area contributed by atoms with Crippen molar-refractivity contribution in [3.05, 3.63) is 54.4 Å². The number of aromatic nitrogens is 1. The zero-order valence-corrected chi connectivity index (χ0v) is 14.8. The fourth-order valence-corrected chi connectivity index (χ4v) is 3.28. The van der Waals surface area contributed by atoms with E-state index in [4.69, 9.17) is 0 Å². The fourth-order valence-electron chi connectivity index (χ4n) is 3.28. The van der Waals surface area contributed by atoms with E-state index in [1.54, 1.807) is 31.4 Å². The molecule has 0 unspecified atom stereocenters. The third kappa shape index (κ3) is 4.44. The van der Waals surface area contributed by atoms with Crippen molar-refractivity contribution in [2.45, 2.75) is 19.1 Å². The van der Waals surface area contributed by atoms with E-state index in [1.807, 2.05) is 12.1 Å². The largest absolute Gasteiger partial charge is 0.391 e. The van der Waals surface area contributed by atoms with Gasteiger partial charge in [0.25, 0.3) is 0 Å². The van der Waals surface area contributed by atoms with Crippen LogP contribution in [0.15, 0.2) is 48.8 Å². The van der Waals surface area contributed by atoms with Gasteiger partial charge in [0.05, 0.1) is 6.10 Å². The summed E-state index contributed by atoms with van der Waals surface area (Å²) in [5.74, 6) is 0.0959. The van der Waals surface area contributed by atoms with Crippen molar-refractivity contribution >= 4 is 5.91 Å². The predicted molar refractivity (Wildman–Crippen MR) is 97.8 cm³/mol. The van der Waals surface area contributed by atoms with Crippen molar-refractivity contribution in [3.8, 4) is 11.1 Å². The molecular formula is C20H25N3O2. The first-order chi connectivity index (χ1) is 12.0. The van der Waals surface area contributed by atoms with Crippen LogP contribution in [0.5, 0.6) is 0 Å². The molecule has 1 aliphatic rings. The number of benzene rings is 1. The number of likely N-dealkylation sites (tertiary alicyclic amines) is 1. The average Bonchev–Trinajstić information content (AvgIpc) is 2.95. The van der Waals surface area contributed by atoms with Crippen LogP contribution in [-0.2, 0) is 11.3 Å². The van der Waals surface area contributed by atoms with E-state index in [-0.39, 0.29) is 11.8 Å². The molecule has 1 aliphatic heterocycles. The second-order valence-electron chi connectivity index (χ2n) is 6.95. The topological polar surface area (TPSA) is 56.7 Å². The van der Waals surface area contributed by atoms with Crippen LogP contribution < -0.4 is 0 Å². The van der Waals surface area contributed by atoms with Crippen LogP contribution in [0.3, 0.4) is 0 Å². The molecule has 25 heavy (non-hydrogen) atoms. The number of hydrogen-bond acceptors (Lipinski definition) is 4. The summed E-state index contributed by atoms with van der Waals surface area (Å²) in [6, 6.07) is 12.5. The molecule has 1 N–H and O–H groups in total. The maximum atomic E-state index is 11.9. The summed E-state index contributed by atoms with van der Waals surface area (Å²) in [4.78, 5) is 19.7. The van der Waals surface area contributed by atoms with Gasteiger partial charge in [0, 0.05) is 58.5 Å². The zero-order valence-electron chi connectivity index (χ0n) is 14.8. The van der Waals surface area contributed by atoms with Gasteiger partial charge < -0.3 is 10.0 Å². The molecule has 1 saturated heterocycles. The molecule has 0 spiro atoms. The summed E-state index contributed by atoms with van der Waals surface area (Å²) >= 11 is 0. The van der Waals surface area contributed by atoms with E-state index in [1.165, 1.54) is 11.1 Å². The van der Waals surface area contributed by atoms with Crippen LogP contribution in [-0.4, -0.2) is 59.1 Å². The number of carbonyl (C=O) groups is 1. The molecule has 2 aromatic rings. The van der Waals surface area contributed by atoms with Crippen LogP contribution in [0.4, 0.5) is 0 Å². The summed E-state index contributed by atoms with van der Waals surface area (Å²) in [5.41, 5.74) is 3.53. The normalized spacial score (nSPS) is 20.6. The highest BCUT2D eigenvalue weighted by Crippen LogP contribution is 2.24. The Morgan fingerprint density at radius 1 is 1.12 bits per heavy atom. The Balaban J connectivity index is 1.59. The van der Waals surface area contributed by atoms with Crippen LogP contribution >= 0.6 is 0 Å². The Labute approximate surface area is 148 Å². The third-order valence-electron chi connectivity index (χ3n) is 4.79. The van der Waals surface area contributed by atoms with Crippen molar-refractivity contribution in [1.82, 2.24) is 14.8 Å². The van der Waals surface area contributed by atoms with Crippen LogP contribution in [0.1, 0.15) is 12.0 Å². The summed E-state index contributed by atoms with van der Waals surface area (Å²) < 4.78 is 0. The SMILES string of the molecule is CN(C)C(=O)C[C@@H]1CN(Cc2ccc(-c3ccncc3)cc2)C[C@H]1O. The number of hydrogen-bond donors (Lipinski definition) is 1. The summed E-state index contributed by atoms with van der Waals surface area (Å²) in [5, 5.41) is 10.2. The van der Waals surface area contributed by atoms with Gasteiger partial charge in [-0.15, -0.1) is 0 Å². The van der Waals surface area contributed by atoms with Crippen molar-refractivity contribution in [3.63, 3.8) is 0 Å². The lowest BCUT2D eigenvalue weighted by Crippen LogP contribution is -2.28. The first kappa shape index (κ1) is 17.6. The molecule has 0 bridgehead atoms. The summed E-state index contributed by atoms with van der Waals surface area (Å²) in [6.45, 7) is 2.17. The minimum atomic E-state index is -0.431. The first-order valence-corrected chi connectivity index (χ1v) is 8.63. The Kier molecular flexibility index (Phi) is 5.46. The molecule has 2 heterocycles. The molecule has 2 atom stereocenters. The molecular weight excluding hydrogens is 314 g/mol. The molecule has 1 aromatic heterocycles. The number of pyridine rings is 1. The number of carbonyl (C=O) groups excluding carboxylic acids is 1. The maximum Gasteiger partial charge on any atom is 0.222 e. The number of aliphatic hydroxyl groups excluding tert-OH is 1. The van der Waals surface area contributed by atoms with Crippen LogP contribution in [0.2, 0.25) is 0 Å². The van der Waals surface area contributed by atoms with Gasteiger partial charge in [-0.2, -0.15) is 0 Å². The quantitative estimate of drug-likeness (QED) is 0.905. The van der Waals surface area contributed by atoms with E-state index >= 15 is 0 Å². The van der Waals surface area contributed by atoms with Gasteiger partial charge in [-0.05, 0) is 28.8 Å². The van der Waals surface area contributed by atoms with Gasteiger partial charge in [0.1, 0.15) is 0 Å². The molecule has 5 heteroatoms. The number of nitrogens with zero attached hydrogens (tertiary/aromatic N) is 3. The third-order valence-corrected chi connectivity index (χ3v) is 4.79. The second kappa shape index (κ2) is 7.76. The van der Waals surface area contributed by atoms with Gasteiger partial charge in [-0.1, -0.05) is 24.3 Å². The monoisotopic (exact) mass is 339 g/mol. The van der Waals surface area contributed by atoms with E-state index in [2.05, 4.69) is 34.1 Å². The van der Waals surface area contributed by atoms with Gasteiger partial charge in [-0.3, -0.25) is 14.7 Å². The maximum absolute atomic E-state index is 11.9. The highest BCUT2D eigenvalue weighted by Gasteiger charge is 2.32. The molecule has 0 saturated carbocycles. The highest BCUT2D eigenvalue weighted by molar-refractivity contribution is 5.75. The Hall–Kier alpha value is -2.24. The lowest BCUT2D eigenvalue weighted by Gasteiger charge is -2.17. The Bertz CT molecular complexity index is 701. The smallest absolute Gasteiger partial charge is 0.222 e. The van der Waals surface area contributed by atoms with Gasteiger partial charge in [0.2, 0.25) is 5.91 Å². The zero-order chi connectivity index (χ0) is 17.8. The number of rotatable bonds is 5. The van der Waals surface area contributed by atoms with E-state index in [0.29, 0.717) is 13.0 Å². The molecule has 0 radical (unpaired) electrons. The van der Waals surface area contributed by atoms with E-state index in [9.17, 15) is 9.90 Å². The molecule has 5 nitrogen and oxygen atoms in total. The molecule has 1 fully saturated rings. The summed E-state index contributed by atoms with van der Waals surface area (Å²) in [7, 11) is 3.51. The first-order valence-electron chi connectivity index (χ1n) is 8.63. The minimum absolute atomic E-state index is 0.0194. The molecule has 3 rings (SSSR count). The molecule has 132 valence electrons. The van der Waals surface area contributed by atoms with Crippen molar-refractivity contribution in [2.75, 3.05) is 27.2 Å². The number of amides is 1. The van der Waals surface area contributed by atoms with Gasteiger partial charge in [0.15, 0.2) is 0 Å². The van der Waals surface area contributed by atoms with E-state index < -0.39 is 6.10 Å². The lowest BCUT2D eigenvalue weighted by atomic mass is 10.0. The number of aliphatic hydroxyl groups is 1. The predicted octanol–water partition coefficient (Wildman–Crippen LogP) is 2.02. The van der Waals surface area contributed by atoms with Crippen molar-refractivity contribution in [2.24, 2.45) is 5.92 Å².